The van der Waals surface area contributed by atoms with Crippen LogP contribution in [0.4, 0.5) is 0 Å². The molecule has 53 valence electrons. The van der Waals surface area contributed by atoms with Gasteiger partial charge in [-0.1, -0.05) is 32.4 Å². The highest BCUT2D eigenvalue weighted by atomic mass is 14.0. The van der Waals surface area contributed by atoms with Gasteiger partial charge < -0.3 is 0 Å². The molecule has 0 atom stereocenters. The van der Waals surface area contributed by atoms with Gasteiger partial charge in [0.1, 0.15) is 0 Å². The first kappa shape index (κ1) is 8.74. The van der Waals surface area contributed by atoms with Crippen LogP contribution in [0.5, 0.6) is 0 Å². The first-order valence-corrected chi connectivity index (χ1v) is 3.62. The Morgan fingerprint density at radius 2 is 2.00 bits per heavy atom. The summed E-state index contributed by atoms with van der Waals surface area (Å²) in [6, 6.07) is 0. The lowest BCUT2D eigenvalue weighted by molar-refractivity contribution is 0.557. The van der Waals surface area contributed by atoms with E-state index in [1.165, 1.54) is 12.8 Å². The summed E-state index contributed by atoms with van der Waals surface area (Å²) in [5.74, 6) is 0.823. The Morgan fingerprint density at radius 1 is 1.44 bits per heavy atom. The molecule has 0 aliphatic carbocycles. The minimum Gasteiger partial charge on any atom is -0.0999 e. The molecule has 0 N–H and O–H groups in total. The molecule has 0 aliphatic rings. The van der Waals surface area contributed by atoms with E-state index in [1.807, 2.05) is 0 Å². The molecule has 0 aromatic carbocycles. The van der Waals surface area contributed by atoms with Crippen molar-refractivity contribution in [3.8, 4) is 0 Å². The zero-order valence-corrected chi connectivity index (χ0v) is 6.61. The predicted octanol–water partition coefficient (Wildman–Crippen LogP) is 3.20. The molecular weight excluding hydrogens is 108 g/mol. The molecule has 0 saturated carbocycles. The molecule has 0 unspecified atom stereocenters. The minimum absolute atomic E-state index is 0.823. The minimum atomic E-state index is 0.823. The zero-order valence-electron chi connectivity index (χ0n) is 6.61. The molecule has 0 heterocycles. The lowest BCUT2D eigenvalue weighted by atomic mass is 10.0. The van der Waals surface area contributed by atoms with Crippen LogP contribution in [0.25, 0.3) is 0 Å². The van der Waals surface area contributed by atoms with Gasteiger partial charge in [-0.25, -0.2) is 0 Å². The largest absolute Gasteiger partial charge is 0.0999 e. The Hall–Kier alpha value is -0.260. The maximum Gasteiger partial charge on any atom is -0.0286 e. The molecule has 1 radical (unpaired) electrons. The highest BCUT2D eigenvalue weighted by molar-refractivity contribution is 4.96. The molecule has 0 rings (SSSR count). The van der Waals surface area contributed by atoms with Gasteiger partial charge in [0.05, 0.1) is 0 Å². The van der Waals surface area contributed by atoms with Gasteiger partial charge in [-0.2, -0.15) is 0 Å². The molecule has 0 bridgehead atoms. The molecule has 0 nitrogen and oxygen atoms in total. The molecular formula is C9H17. The number of hydrogen-bond donors (Lipinski definition) is 0. The van der Waals surface area contributed by atoms with Gasteiger partial charge in [-0.05, 0) is 25.7 Å². The molecule has 0 spiro atoms. The van der Waals surface area contributed by atoms with Crippen molar-refractivity contribution in [3.63, 3.8) is 0 Å². The first-order valence-electron chi connectivity index (χ1n) is 3.62. The maximum absolute atomic E-state index is 3.74. The van der Waals surface area contributed by atoms with Gasteiger partial charge in [0.2, 0.25) is 0 Å². The summed E-state index contributed by atoms with van der Waals surface area (Å²) < 4.78 is 0. The van der Waals surface area contributed by atoms with Gasteiger partial charge in [0.15, 0.2) is 0 Å². The second kappa shape index (κ2) is 4.60. The molecule has 0 heteroatoms. The molecule has 0 aliphatic heterocycles. The van der Waals surface area contributed by atoms with E-state index in [9.17, 15) is 0 Å². The van der Waals surface area contributed by atoms with Gasteiger partial charge in [-0.15, -0.1) is 0 Å². The summed E-state index contributed by atoms with van der Waals surface area (Å²) in [7, 11) is 0. The average molecular weight is 125 g/mol. The SMILES string of the molecule is [CH2]C(=C)CCCC(C)C. The Kier molecular flexibility index (Phi) is 4.47. The van der Waals surface area contributed by atoms with Crippen LogP contribution in [-0.2, 0) is 0 Å². The van der Waals surface area contributed by atoms with Crippen molar-refractivity contribution in [1.29, 1.82) is 0 Å². The van der Waals surface area contributed by atoms with E-state index in [0.29, 0.717) is 0 Å². The Labute approximate surface area is 59.0 Å². The van der Waals surface area contributed by atoms with E-state index >= 15 is 0 Å². The van der Waals surface area contributed by atoms with Crippen LogP contribution in [0.2, 0.25) is 0 Å². The van der Waals surface area contributed by atoms with E-state index in [1.54, 1.807) is 0 Å². The Balaban J connectivity index is 3.01. The summed E-state index contributed by atoms with van der Waals surface area (Å²) in [4.78, 5) is 0. The fourth-order valence-corrected chi connectivity index (χ4v) is 0.760. The standard InChI is InChI=1S/C9H17/c1-8(2)6-5-7-9(3)4/h9H,1-2,5-7H2,3-4H3. The Morgan fingerprint density at radius 3 is 2.33 bits per heavy atom. The number of allylic oxidation sites excluding steroid dienone is 1. The fraction of sp³-hybridized carbons (Fsp3) is 0.667. The van der Waals surface area contributed by atoms with Gasteiger partial charge in [-0.3, -0.25) is 0 Å². The normalized spacial score (nSPS) is 10.2. The van der Waals surface area contributed by atoms with Gasteiger partial charge >= 0.3 is 0 Å². The summed E-state index contributed by atoms with van der Waals surface area (Å²) in [5.41, 5.74) is 1.07. The third-order valence-corrected chi connectivity index (χ3v) is 1.31. The quantitative estimate of drug-likeness (QED) is 0.541. The molecule has 9 heavy (non-hydrogen) atoms. The van der Waals surface area contributed by atoms with Crippen molar-refractivity contribution in [2.24, 2.45) is 5.92 Å². The van der Waals surface area contributed by atoms with E-state index in [0.717, 1.165) is 17.9 Å². The molecule has 0 saturated heterocycles. The second-order valence-electron chi connectivity index (χ2n) is 3.04. The van der Waals surface area contributed by atoms with Crippen molar-refractivity contribution in [2.45, 2.75) is 33.1 Å². The van der Waals surface area contributed by atoms with Crippen LogP contribution in [0.3, 0.4) is 0 Å². The lowest BCUT2D eigenvalue weighted by Gasteiger charge is -2.02. The molecule has 0 aromatic rings. The smallest absolute Gasteiger partial charge is 0.0286 e. The fourth-order valence-electron chi connectivity index (χ4n) is 0.760. The van der Waals surface area contributed by atoms with Gasteiger partial charge in [0.25, 0.3) is 0 Å². The van der Waals surface area contributed by atoms with Crippen LogP contribution < -0.4 is 0 Å². The predicted molar refractivity (Wildman–Crippen MR) is 43.2 cm³/mol. The van der Waals surface area contributed by atoms with Crippen LogP contribution >= 0.6 is 0 Å². The highest BCUT2D eigenvalue weighted by Crippen LogP contribution is 2.09. The lowest BCUT2D eigenvalue weighted by Crippen LogP contribution is -1.86. The van der Waals surface area contributed by atoms with E-state index < -0.39 is 0 Å². The van der Waals surface area contributed by atoms with Crippen LogP contribution in [0.15, 0.2) is 12.2 Å². The summed E-state index contributed by atoms with van der Waals surface area (Å²) in [5, 5.41) is 0. The Bertz CT molecular complexity index is 80.0. The van der Waals surface area contributed by atoms with E-state index in [4.69, 9.17) is 0 Å². The van der Waals surface area contributed by atoms with Crippen molar-refractivity contribution in [3.05, 3.63) is 19.1 Å². The van der Waals surface area contributed by atoms with Crippen molar-refractivity contribution >= 4 is 0 Å². The second-order valence-corrected chi connectivity index (χ2v) is 3.04. The van der Waals surface area contributed by atoms with Crippen molar-refractivity contribution in [2.75, 3.05) is 0 Å². The molecule has 0 amide bonds. The van der Waals surface area contributed by atoms with Crippen LogP contribution in [-0.4, -0.2) is 0 Å². The zero-order chi connectivity index (χ0) is 7.28. The monoisotopic (exact) mass is 125 g/mol. The first-order chi connectivity index (χ1) is 4.13. The average Bonchev–Trinajstić information content (AvgIpc) is 1.63. The van der Waals surface area contributed by atoms with E-state index in [2.05, 4.69) is 27.4 Å². The highest BCUT2D eigenvalue weighted by Gasteiger charge is 1.92. The van der Waals surface area contributed by atoms with Crippen molar-refractivity contribution < 1.29 is 0 Å². The van der Waals surface area contributed by atoms with Crippen molar-refractivity contribution in [1.82, 2.24) is 0 Å². The third-order valence-electron chi connectivity index (χ3n) is 1.31. The third kappa shape index (κ3) is 7.74. The number of hydrogen-bond acceptors (Lipinski definition) is 0. The van der Waals surface area contributed by atoms with Crippen LogP contribution in [0, 0.1) is 12.8 Å². The number of rotatable bonds is 4. The van der Waals surface area contributed by atoms with Crippen LogP contribution in [0.1, 0.15) is 33.1 Å². The summed E-state index contributed by atoms with van der Waals surface area (Å²) in [6.07, 6.45) is 3.65. The molecule has 0 fully saturated rings. The van der Waals surface area contributed by atoms with Gasteiger partial charge in [0, 0.05) is 0 Å². The maximum atomic E-state index is 3.74. The molecule has 0 aromatic heterocycles. The topological polar surface area (TPSA) is 0 Å². The summed E-state index contributed by atoms with van der Waals surface area (Å²) >= 11 is 0. The summed E-state index contributed by atoms with van der Waals surface area (Å²) in [6.45, 7) is 12.0. The van der Waals surface area contributed by atoms with E-state index in [-0.39, 0.29) is 0 Å².